The van der Waals surface area contributed by atoms with Gasteiger partial charge in [0.05, 0.1) is 6.54 Å². The maximum Gasteiger partial charge on any atom is 0.170 e. The van der Waals surface area contributed by atoms with Crippen molar-refractivity contribution < 1.29 is 4.74 Å². The Morgan fingerprint density at radius 2 is 2.62 bits per heavy atom. The molecular weight excluding hydrogens is 102 g/mol. The van der Waals surface area contributed by atoms with Gasteiger partial charge >= 0.3 is 0 Å². The molecule has 0 aliphatic carbocycles. The van der Waals surface area contributed by atoms with Gasteiger partial charge in [0.1, 0.15) is 5.60 Å². The summed E-state index contributed by atoms with van der Waals surface area (Å²) in [5, 5.41) is 0. The van der Waals surface area contributed by atoms with Crippen molar-refractivity contribution in [1.82, 2.24) is 0 Å². The minimum atomic E-state index is 0.0139. The van der Waals surface area contributed by atoms with Crippen LogP contribution >= 0.6 is 0 Å². The van der Waals surface area contributed by atoms with Crippen LogP contribution in [0.25, 0.3) is 0 Å². The Morgan fingerprint density at radius 1 is 1.88 bits per heavy atom. The van der Waals surface area contributed by atoms with Crippen LogP contribution in [0.4, 0.5) is 0 Å². The average Bonchev–Trinajstić information content (AvgIpc) is 2.17. The average molecular weight is 113 g/mol. The van der Waals surface area contributed by atoms with Gasteiger partial charge in [-0.1, -0.05) is 6.92 Å². The summed E-state index contributed by atoms with van der Waals surface area (Å²) < 4.78 is 5.20. The van der Waals surface area contributed by atoms with Gasteiger partial charge in [0, 0.05) is 0 Å². The molecule has 1 aliphatic rings. The molecule has 0 bridgehead atoms. The second-order valence-electron chi connectivity index (χ2n) is 2.37. The van der Waals surface area contributed by atoms with Crippen LogP contribution in [-0.4, -0.2) is 18.5 Å². The first-order valence-electron chi connectivity index (χ1n) is 2.93. The highest BCUT2D eigenvalue weighted by atomic mass is 16.5. The van der Waals surface area contributed by atoms with Crippen LogP contribution in [0, 0.1) is 0 Å². The Hall–Kier alpha value is -0.530. The zero-order valence-electron chi connectivity index (χ0n) is 5.35. The molecule has 1 unspecified atom stereocenters. The molecule has 0 saturated heterocycles. The fourth-order valence-electron chi connectivity index (χ4n) is 0.627. The van der Waals surface area contributed by atoms with Crippen LogP contribution in [0.3, 0.4) is 0 Å². The maximum absolute atomic E-state index is 5.20. The number of hydrogen-bond acceptors (Lipinski definition) is 2. The van der Waals surface area contributed by atoms with E-state index in [-0.39, 0.29) is 5.60 Å². The molecule has 0 amide bonds. The van der Waals surface area contributed by atoms with Crippen LogP contribution < -0.4 is 0 Å². The summed E-state index contributed by atoms with van der Waals surface area (Å²) in [7, 11) is 0. The van der Waals surface area contributed by atoms with Crippen LogP contribution in [0.1, 0.15) is 20.3 Å². The second kappa shape index (κ2) is 1.77. The van der Waals surface area contributed by atoms with Crippen LogP contribution in [0.15, 0.2) is 4.99 Å². The van der Waals surface area contributed by atoms with Crippen LogP contribution in [0.2, 0.25) is 0 Å². The third kappa shape index (κ3) is 0.831. The molecular formula is C6H11NO. The van der Waals surface area contributed by atoms with Crippen LogP contribution in [0.5, 0.6) is 0 Å². The number of rotatable bonds is 1. The predicted molar refractivity (Wildman–Crippen MR) is 33.1 cm³/mol. The van der Waals surface area contributed by atoms with Crippen molar-refractivity contribution in [3.8, 4) is 0 Å². The van der Waals surface area contributed by atoms with Crippen molar-refractivity contribution in [3.63, 3.8) is 0 Å². The zero-order valence-corrected chi connectivity index (χ0v) is 5.35. The van der Waals surface area contributed by atoms with Crippen LogP contribution in [-0.2, 0) is 4.74 Å². The molecule has 1 atom stereocenters. The molecule has 1 aliphatic heterocycles. The molecule has 0 aromatic heterocycles. The first-order chi connectivity index (χ1) is 3.77. The fraction of sp³-hybridized carbons (Fsp3) is 0.833. The smallest absolute Gasteiger partial charge is 0.170 e. The molecule has 2 heteroatoms. The van der Waals surface area contributed by atoms with Gasteiger partial charge in [-0.2, -0.15) is 0 Å². The van der Waals surface area contributed by atoms with E-state index in [1.807, 2.05) is 0 Å². The Labute approximate surface area is 49.6 Å². The highest BCUT2D eigenvalue weighted by Crippen LogP contribution is 2.17. The van der Waals surface area contributed by atoms with Gasteiger partial charge in [0.2, 0.25) is 0 Å². The van der Waals surface area contributed by atoms with E-state index < -0.39 is 0 Å². The molecule has 0 fully saturated rings. The van der Waals surface area contributed by atoms with Gasteiger partial charge in [-0.3, -0.25) is 4.99 Å². The van der Waals surface area contributed by atoms with Crippen molar-refractivity contribution in [2.45, 2.75) is 25.9 Å². The van der Waals surface area contributed by atoms with Gasteiger partial charge in [0.25, 0.3) is 0 Å². The molecule has 0 spiro atoms. The Morgan fingerprint density at radius 3 is 2.88 bits per heavy atom. The van der Waals surface area contributed by atoms with Gasteiger partial charge in [0.15, 0.2) is 6.40 Å². The lowest BCUT2D eigenvalue weighted by Gasteiger charge is -2.18. The number of aliphatic imine (C=N–C) groups is 1. The van der Waals surface area contributed by atoms with E-state index in [2.05, 4.69) is 18.8 Å². The number of ether oxygens (including phenoxy) is 1. The lowest BCUT2D eigenvalue weighted by Crippen LogP contribution is -2.25. The van der Waals surface area contributed by atoms with E-state index in [0.717, 1.165) is 13.0 Å². The normalized spacial score (nSPS) is 35.2. The van der Waals surface area contributed by atoms with E-state index in [9.17, 15) is 0 Å². The van der Waals surface area contributed by atoms with Crippen molar-refractivity contribution in [1.29, 1.82) is 0 Å². The Kier molecular flexibility index (Phi) is 1.24. The van der Waals surface area contributed by atoms with E-state index in [1.54, 1.807) is 6.40 Å². The zero-order chi connectivity index (χ0) is 6.04. The summed E-state index contributed by atoms with van der Waals surface area (Å²) in [6.45, 7) is 5.00. The van der Waals surface area contributed by atoms with Crippen molar-refractivity contribution in [2.24, 2.45) is 4.99 Å². The SMILES string of the molecule is CCC1(C)CN=CO1. The molecule has 0 radical (unpaired) electrons. The molecule has 1 heterocycles. The molecule has 0 aromatic rings. The van der Waals surface area contributed by atoms with Crippen molar-refractivity contribution in [2.75, 3.05) is 6.54 Å². The fourth-order valence-corrected chi connectivity index (χ4v) is 0.627. The summed E-state index contributed by atoms with van der Waals surface area (Å²) >= 11 is 0. The Balaban J connectivity index is 2.46. The van der Waals surface area contributed by atoms with E-state index >= 15 is 0 Å². The molecule has 0 saturated carbocycles. The quantitative estimate of drug-likeness (QED) is 0.501. The molecule has 2 nitrogen and oxygen atoms in total. The number of nitrogens with zero attached hydrogens (tertiary/aromatic N) is 1. The monoisotopic (exact) mass is 113 g/mol. The molecule has 8 heavy (non-hydrogen) atoms. The summed E-state index contributed by atoms with van der Waals surface area (Å²) in [5.74, 6) is 0. The summed E-state index contributed by atoms with van der Waals surface area (Å²) in [6, 6.07) is 0. The maximum atomic E-state index is 5.20. The van der Waals surface area contributed by atoms with Crippen molar-refractivity contribution in [3.05, 3.63) is 0 Å². The van der Waals surface area contributed by atoms with E-state index in [1.165, 1.54) is 0 Å². The molecule has 46 valence electrons. The lowest BCUT2D eigenvalue weighted by molar-refractivity contribution is 0.111. The minimum Gasteiger partial charge on any atom is -0.476 e. The minimum absolute atomic E-state index is 0.0139. The topological polar surface area (TPSA) is 21.6 Å². The first kappa shape index (κ1) is 5.60. The highest BCUT2D eigenvalue weighted by Gasteiger charge is 2.25. The van der Waals surface area contributed by atoms with E-state index in [0.29, 0.717) is 0 Å². The Bertz CT molecular complexity index is 101. The third-order valence-corrected chi connectivity index (χ3v) is 1.59. The van der Waals surface area contributed by atoms with Gasteiger partial charge in [-0.15, -0.1) is 0 Å². The number of hydrogen-bond donors (Lipinski definition) is 0. The molecule has 1 rings (SSSR count). The van der Waals surface area contributed by atoms with Gasteiger partial charge < -0.3 is 4.74 Å². The summed E-state index contributed by atoms with van der Waals surface area (Å²) in [4.78, 5) is 3.96. The van der Waals surface area contributed by atoms with E-state index in [4.69, 9.17) is 4.74 Å². The van der Waals surface area contributed by atoms with Gasteiger partial charge in [-0.05, 0) is 13.3 Å². The molecule has 0 N–H and O–H groups in total. The summed E-state index contributed by atoms with van der Waals surface area (Å²) in [5.41, 5.74) is 0.0139. The predicted octanol–water partition coefficient (Wildman–Crippen LogP) is 1.21. The standard InChI is InChI=1S/C6H11NO/c1-3-6(2)4-7-5-8-6/h5H,3-4H2,1-2H3. The first-order valence-corrected chi connectivity index (χ1v) is 2.93. The molecule has 0 aromatic carbocycles. The second-order valence-corrected chi connectivity index (χ2v) is 2.37. The van der Waals surface area contributed by atoms with Crippen molar-refractivity contribution >= 4 is 6.40 Å². The third-order valence-electron chi connectivity index (χ3n) is 1.59. The highest BCUT2D eigenvalue weighted by molar-refractivity contribution is 5.49. The van der Waals surface area contributed by atoms with Gasteiger partial charge in [-0.25, -0.2) is 0 Å². The summed E-state index contributed by atoms with van der Waals surface area (Å²) in [6.07, 6.45) is 2.58. The largest absolute Gasteiger partial charge is 0.476 e. The lowest BCUT2D eigenvalue weighted by atomic mass is 10.1.